The molecule has 1 fully saturated rings. The monoisotopic (exact) mass is 589 g/mol. The Morgan fingerprint density at radius 2 is 2.08 bits per heavy atom. The van der Waals surface area contributed by atoms with Gasteiger partial charge in [0.25, 0.3) is 15.9 Å². The highest BCUT2D eigenvalue weighted by Crippen LogP contribution is 2.34. The molecule has 1 amide bonds. The lowest BCUT2D eigenvalue weighted by Gasteiger charge is -2.40. The van der Waals surface area contributed by atoms with Gasteiger partial charge >= 0.3 is 0 Å². The summed E-state index contributed by atoms with van der Waals surface area (Å²) in [6, 6.07) is 6.61. The summed E-state index contributed by atoms with van der Waals surface area (Å²) in [5, 5.41) is 15.9. The molecule has 1 saturated heterocycles. The zero-order valence-corrected chi connectivity index (χ0v) is 23.9. The standard InChI is InChI=1S/C24H28ClN9O3S2/c1-14-22-19(7-8-32(14)2)27-23(38-22)24(35)34-10-9-33(13-17(34)4-6-20-28-30-31-29-20)39(36,37)21-12-15-11-16(25)3-5-18(15)26-21/h3,5,11-12,14,17,26H,4,6-10,13H2,1-2H3,(H,28,29,30,31). The number of tetrazole rings is 1. The molecule has 3 aromatic heterocycles. The van der Waals surface area contributed by atoms with E-state index in [0.29, 0.717) is 34.2 Å². The first kappa shape index (κ1) is 26.3. The molecule has 2 N–H and O–H groups in total. The summed E-state index contributed by atoms with van der Waals surface area (Å²) in [6.07, 6.45) is 1.73. The third-order valence-electron chi connectivity index (χ3n) is 7.63. The average molecular weight is 590 g/mol. The Kier molecular flexibility index (Phi) is 6.91. The van der Waals surface area contributed by atoms with Gasteiger partial charge in [-0.1, -0.05) is 16.8 Å². The number of H-pyrrole nitrogens is 2. The fourth-order valence-corrected chi connectivity index (χ4v) is 8.11. The number of nitrogens with zero attached hydrogens (tertiary/aromatic N) is 7. The van der Waals surface area contributed by atoms with Crippen LogP contribution in [0.15, 0.2) is 29.3 Å². The molecule has 39 heavy (non-hydrogen) atoms. The number of thiazole rings is 1. The Bertz CT molecular complexity index is 1620. The second-order valence-electron chi connectivity index (χ2n) is 9.98. The van der Waals surface area contributed by atoms with Crippen molar-refractivity contribution in [1.29, 1.82) is 0 Å². The molecular formula is C24H28ClN9O3S2. The van der Waals surface area contributed by atoms with Crippen molar-refractivity contribution in [3.05, 3.63) is 50.7 Å². The van der Waals surface area contributed by atoms with Gasteiger partial charge in [0.2, 0.25) is 0 Å². The summed E-state index contributed by atoms with van der Waals surface area (Å²) in [4.78, 5) is 26.6. The molecule has 0 bridgehead atoms. The Balaban J connectivity index is 1.27. The summed E-state index contributed by atoms with van der Waals surface area (Å²) in [5.74, 6) is 0.344. The number of amides is 1. The molecule has 15 heteroatoms. The van der Waals surface area contributed by atoms with E-state index in [1.54, 1.807) is 29.2 Å². The van der Waals surface area contributed by atoms with E-state index >= 15 is 0 Å². The minimum absolute atomic E-state index is 0.0992. The van der Waals surface area contributed by atoms with Crippen LogP contribution < -0.4 is 0 Å². The number of carbonyl (C=O) groups is 1. The van der Waals surface area contributed by atoms with E-state index in [1.165, 1.54) is 15.6 Å². The van der Waals surface area contributed by atoms with E-state index in [9.17, 15) is 13.2 Å². The highest BCUT2D eigenvalue weighted by atomic mass is 35.5. The van der Waals surface area contributed by atoms with Crippen molar-refractivity contribution in [1.82, 2.24) is 44.7 Å². The van der Waals surface area contributed by atoms with Crippen molar-refractivity contribution in [2.75, 3.05) is 33.2 Å². The number of aromatic amines is 2. The number of carbonyl (C=O) groups excluding carboxylic acids is 1. The summed E-state index contributed by atoms with van der Waals surface area (Å²) in [6.45, 7) is 3.59. The zero-order valence-electron chi connectivity index (χ0n) is 21.5. The predicted octanol–water partition coefficient (Wildman–Crippen LogP) is 2.49. The average Bonchev–Trinajstić information content (AvgIpc) is 3.69. The van der Waals surface area contributed by atoms with Gasteiger partial charge in [0, 0.05) is 71.9 Å². The van der Waals surface area contributed by atoms with Crippen LogP contribution in [0.1, 0.15) is 45.6 Å². The van der Waals surface area contributed by atoms with Gasteiger partial charge in [-0.15, -0.1) is 21.5 Å². The van der Waals surface area contributed by atoms with Crippen molar-refractivity contribution in [2.45, 2.75) is 43.3 Å². The topological polar surface area (TPSA) is 144 Å². The van der Waals surface area contributed by atoms with Crippen LogP contribution in [0.3, 0.4) is 0 Å². The fourth-order valence-electron chi connectivity index (χ4n) is 5.26. The lowest BCUT2D eigenvalue weighted by Crippen LogP contribution is -2.56. The molecular weight excluding hydrogens is 562 g/mol. The molecule has 2 unspecified atom stereocenters. The quantitative estimate of drug-likeness (QED) is 0.349. The maximum atomic E-state index is 13.8. The molecule has 0 aliphatic carbocycles. The first-order chi connectivity index (χ1) is 18.7. The molecule has 2 atom stereocenters. The summed E-state index contributed by atoms with van der Waals surface area (Å²) in [5.41, 5.74) is 1.67. The van der Waals surface area contributed by atoms with Crippen LogP contribution >= 0.6 is 22.9 Å². The number of aryl methyl sites for hydroxylation is 1. The van der Waals surface area contributed by atoms with E-state index in [1.807, 2.05) is 0 Å². The molecule has 1 aromatic carbocycles. The Hall–Kier alpha value is -2.91. The van der Waals surface area contributed by atoms with Gasteiger partial charge in [-0.05, 0) is 44.7 Å². The molecule has 2 aliphatic heterocycles. The number of benzene rings is 1. The smallest absolute Gasteiger partial charge is 0.283 e. The van der Waals surface area contributed by atoms with Crippen LogP contribution in [0, 0.1) is 0 Å². The highest BCUT2D eigenvalue weighted by Gasteiger charge is 2.39. The van der Waals surface area contributed by atoms with Crippen LogP contribution in [0.5, 0.6) is 0 Å². The van der Waals surface area contributed by atoms with E-state index in [-0.39, 0.29) is 42.7 Å². The van der Waals surface area contributed by atoms with Gasteiger partial charge in [-0.3, -0.25) is 9.69 Å². The maximum absolute atomic E-state index is 13.8. The second-order valence-corrected chi connectivity index (χ2v) is 13.4. The Morgan fingerprint density at radius 3 is 2.87 bits per heavy atom. The maximum Gasteiger partial charge on any atom is 0.283 e. The third kappa shape index (κ3) is 4.95. The van der Waals surface area contributed by atoms with Crippen molar-refractivity contribution in [3.8, 4) is 0 Å². The first-order valence-electron chi connectivity index (χ1n) is 12.7. The van der Waals surface area contributed by atoms with E-state index in [4.69, 9.17) is 16.6 Å². The molecule has 206 valence electrons. The van der Waals surface area contributed by atoms with Gasteiger partial charge in [0.05, 0.1) is 5.69 Å². The van der Waals surface area contributed by atoms with Gasteiger partial charge in [0.15, 0.2) is 10.8 Å². The van der Waals surface area contributed by atoms with E-state index in [0.717, 1.165) is 28.9 Å². The SMILES string of the molecule is CC1c2sc(C(=O)N3CCN(S(=O)(=O)c4cc5cc(Cl)ccc5[nH]4)CC3CCc3nn[nH]n3)nc2CCN1C. The van der Waals surface area contributed by atoms with Crippen LogP contribution in [-0.2, 0) is 22.9 Å². The van der Waals surface area contributed by atoms with Crippen LogP contribution in [0.25, 0.3) is 10.9 Å². The van der Waals surface area contributed by atoms with Gasteiger partial charge in [-0.25, -0.2) is 13.4 Å². The summed E-state index contributed by atoms with van der Waals surface area (Å²) >= 11 is 7.54. The lowest BCUT2D eigenvalue weighted by atomic mass is 10.1. The molecule has 0 radical (unpaired) electrons. The zero-order chi connectivity index (χ0) is 27.3. The second kappa shape index (κ2) is 10.2. The number of fused-ring (bicyclic) bond motifs is 2. The molecule has 0 spiro atoms. The number of sulfonamides is 1. The number of hydrogen-bond donors (Lipinski definition) is 2. The molecule has 12 nitrogen and oxygen atoms in total. The third-order valence-corrected chi connectivity index (χ3v) is 10.9. The van der Waals surface area contributed by atoms with Crippen LogP contribution in [0.4, 0.5) is 0 Å². The van der Waals surface area contributed by atoms with Crippen molar-refractivity contribution >= 4 is 49.8 Å². The fraction of sp³-hybridized carbons (Fsp3) is 0.458. The Morgan fingerprint density at radius 1 is 1.23 bits per heavy atom. The number of halogens is 1. The number of piperazine rings is 1. The van der Waals surface area contributed by atoms with Crippen molar-refractivity contribution < 1.29 is 13.2 Å². The highest BCUT2D eigenvalue weighted by molar-refractivity contribution is 7.89. The number of nitrogens with one attached hydrogen (secondary N) is 2. The molecule has 6 rings (SSSR count). The minimum atomic E-state index is -3.84. The number of hydrogen-bond acceptors (Lipinski definition) is 9. The first-order valence-corrected chi connectivity index (χ1v) is 15.4. The summed E-state index contributed by atoms with van der Waals surface area (Å²) in [7, 11) is -1.77. The van der Waals surface area contributed by atoms with E-state index in [2.05, 4.69) is 44.5 Å². The predicted molar refractivity (Wildman–Crippen MR) is 146 cm³/mol. The summed E-state index contributed by atoms with van der Waals surface area (Å²) < 4.78 is 28.8. The number of rotatable bonds is 6. The van der Waals surface area contributed by atoms with Gasteiger partial charge < -0.3 is 9.88 Å². The van der Waals surface area contributed by atoms with Crippen molar-refractivity contribution in [3.63, 3.8) is 0 Å². The number of aromatic nitrogens is 6. The largest absolute Gasteiger partial charge is 0.345 e. The Labute approximate surface area is 234 Å². The molecule has 2 aliphatic rings. The van der Waals surface area contributed by atoms with Crippen molar-refractivity contribution in [2.24, 2.45) is 0 Å². The molecule has 5 heterocycles. The van der Waals surface area contributed by atoms with E-state index < -0.39 is 10.0 Å². The van der Waals surface area contributed by atoms with Gasteiger partial charge in [-0.2, -0.15) is 9.52 Å². The number of likely N-dealkylation sites (N-methyl/N-ethyl adjacent to an activating group) is 1. The van der Waals surface area contributed by atoms with Gasteiger partial charge in [0.1, 0.15) is 5.03 Å². The lowest BCUT2D eigenvalue weighted by molar-refractivity contribution is 0.0549. The minimum Gasteiger partial charge on any atom is -0.345 e. The normalized spacial score (nSPS) is 20.9. The van der Waals surface area contributed by atoms with Crippen LogP contribution in [0.2, 0.25) is 5.02 Å². The molecule has 0 saturated carbocycles. The van der Waals surface area contributed by atoms with Crippen LogP contribution in [-0.4, -0.2) is 98.3 Å². The molecule has 4 aromatic rings.